The maximum atomic E-state index is 11.8. The smallest absolute Gasteiger partial charge is 0.548 e. The van der Waals surface area contributed by atoms with Gasteiger partial charge in [-0.05, 0) is 6.42 Å². The number of carbonyl (C=O) groups excluding carboxylic acids is 2. The molecule has 0 aromatic rings. The molecular weight excluding hydrogens is 317 g/mol. The number of unbranched alkanes of at least 4 members (excludes halogenated alkanes) is 9. The van der Waals surface area contributed by atoms with Crippen LogP contribution in [0.2, 0.25) is 0 Å². The number of hydrogen-bond donors (Lipinski definition) is 2. The molecule has 0 saturated carbocycles. The molecular formula is C17H32N3NaO3. The van der Waals surface area contributed by atoms with Crippen molar-refractivity contribution in [1.82, 2.24) is 10.2 Å². The van der Waals surface area contributed by atoms with Gasteiger partial charge in [0.2, 0.25) is 5.91 Å². The van der Waals surface area contributed by atoms with Crippen molar-refractivity contribution in [1.29, 1.82) is 5.41 Å². The summed E-state index contributed by atoms with van der Waals surface area (Å²) in [6.07, 6.45) is 11.5. The second-order valence-corrected chi connectivity index (χ2v) is 5.79. The molecule has 0 aromatic carbocycles. The standard InChI is InChI=1S/C17H33N3O3.Na/c1-3-4-5-6-7-8-9-10-11-12-13-15(21)19-17(18)20(2)14-16(22)23;/h3-14H2,1-2H3,(H,22,23)(H2,18,19,21);/q;+1/p-1/i2D3;. The van der Waals surface area contributed by atoms with E-state index in [4.69, 9.17) is 9.52 Å². The van der Waals surface area contributed by atoms with Gasteiger partial charge in [0, 0.05) is 17.5 Å². The van der Waals surface area contributed by atoms with E-state index >= 15 is 0 Å². The number of likely N-dealkylation sites (N-methyl/N-ethyl adjacent to an activating group) is 1. The number of guanidine groups is 1. The Balaban J connectivity index is 0. The molecule has 0 aliphatic rings. The van der Waals surface area contributed by atoms with Gasteiger partial charge in [0.25, 0.3) is 0 Å². The monoisotopic (exact) mass is 352 g/mol. The molecule has 24 heavy (non-hydrogen) atoms. The summed E-state index contributed by atoms with van der Waals surface area (Å²) in [6.45, 7) is -1.61. The van der Waals surface area contributed by atoms with Gasteiger partial charge in [0.15, 0.2) is 5.96 Å². The molecule has 2 N–H and O–H groups in total. The summed E-state index contributed by atoms with van der Waals surface area (Å²) in [5, 5.41) is 20.4. The second-order valence-electron chi connectivity index (χ2n) is 5.79. The molecule has 1 amide bonds. The van der Waals surface area contributed by atoms with Crippen molar-refractivity contribution in [2.24, 2.45) is 0 Å². The fraction of sp³-hybridized carbons (Fsp3) is 0.824. The Bertz CT molecular complexity index is 449. The van der Waals surface area contributed by atoms with Gasteiger partial charge in [-0.15, -0.1) is 0 Å². The van der Waals surface area contributed by atoms with Crippen molar-refractivity contribution in [3.05, 3.63) is 0 Å². The summed E-state index contributed by atoms with van der Waals surface area (Å²) < 4.78 is 21.7. The molecule has 0 spiro atoms. The van der Waals surface area contributed by atoms with Crippen LogP contribution in [0.5, 0.6) is 0 Å². The van der Waals surface area contributed by atoms with Gasteiger partial charge >= 0.3 is 29.6 Å². The van der Waals surface area contributed by atoms with Gasteiger partial charge in [0.05, 0.1) is 12.5 Å². The molecule has 0 bridgehead atoms. The number of hydrogen-bond acceptors (Lipinski definition) is 4. The molecule has 0 aromatic heterocycles. The SMILES string of the molecule is [2H]C([2H])([2H])N(CC(=O)[O-])C(=N)NC(=O)CCCCCCCCCCCC.[Na+]. The van der Waals surface area contributed by atoms with Crippen molar-refractivity contribution in [2.45, 2.75) is 77.6 Å². The Morgan fingerprint density at radius 3 is 2.00 bits per heavy atom. The topological polar surface area (TPSA) is 96.3 Å². The van der Waals surface area contributed by atoms with E-state index in [0.717, 1.165) is 19.3 Å². The van der Waals surface area contributed by atoms with E-state index in [1.54, 1.807) is 0 Å². The molecule has 6 nitrogen and oxygen atoms in total. The maximum absolute atomic E-state index is 11.8. The molecule has 0 radical (unpaired) electrons. The summed E-state index contributed by atoms with van der Waals surface area (Å²) in [7, 11) is 0. The number of carboxylic acids is 1. The Kier molecular flexibility index (Phi) is 14.2. The Hall–Kier alpha value is -0.590. The minimum atomic E-state index is -2.83. The van der Waals surface area contributed by atoms with E-state index < -0.39 is 31.4 Å². The molecule has 0 atom stereocenters. The molecule has 0 rings (SSSR count). The van der Waals surface area contributed by atoms with Gasteiger partial charge < -0.3 is 14.8 Å². The summed E-state index contributed by atoms with van der Waals surface area (Å²) in [4.78, 5) is 22.7. The van der Waals surface area contributed by atoms with Crippen molar-refractivity contribution in [3.8, 4) is 0 Å². The first-order valence-electron chi connectivity index (χ1n) is 10.0. The van der Waals surface area contributed by atoms with Gasteiger partial charge in [-0.1, -0.05) is 64.7 Å². The second kappa shape index (κ2) is 17.2. The van der Waals surface area contributed by atoms with Gasteiger partial charge in [-0.3, -0.25) is 15.5 Å². The van der Waals surface area contributed by atoms with Crippen LogP contribution in [0, 0.1) is 5.41 Å². The number of rotatable bonds is 13. The van der Waals surface area contributed by atoms with Crippen LogP contribution in [0.4, 0.5) is 0 Å². The molecule has 134 valence electrons. The molecule has 0 saturated heterocycles. The van der Waals surface area contributed by atoms with Crippen molar-refractivity contribution in [3.63, 3.8) is 0 Å². The average molecular weight is 352 g/mol. The largest absolute Gasteiger partial charge is 1.00 e. The Morgan fingerprint density at radius 1 is 1.04 bits per heavy atom. The number of carbonyl (C=O) groups is 2. The molecule has 0 heterocycles. The van der Waals surface area contributed by atoms with Gasteiger partial charge in [0.1, 0.15) is 0 Å². The third-order valence-electron chi connectivity index (χ3n) is 3.57. The summed E-state index contributed by atoms with van der Waals surface area (Å²) in [5.41, 5.74) is 0. The van der Waals surface area contributed by atoms with E-state index in [1.807, 2.05) is 0 Å². The van der Waals surface area contributed by atoms with Crippen molar-refractivity contribution < 1.29 is 48.4 Å². The third kappa shape index (κ3) is 16.3. The number of amides is 1. The van der Waals surface area contributed by atoms with Crippen LogP contribution in [0.1, 0.15) is 81.7 Å². The number of nitrogens with zero attached hydrogens (tertiary/aromatic N) is 1. The van der Waals surface area contributed by atoms with E-state index in [9.17, 15) is 14.7 Å². The zero-order valence-corrected chi connectivity index (χ0v) is 17.2. The average Bonchev–Trinajstić information content (AvgIpc) is 2.53. The zero-order valence-electron chi connectivity index (χ0n) is 18.2. The summed E-state index contributed by atoms with van der Waals surface area (Å²) in [5.74, 6) is -2.86. The quantitative estimate of drug-likeness (QED) is 0.193. The van der Waals surface area contributed by atoms with Crippen LogP contribution in [0.25, 0.3) is 0 Å². The minimum Gasteiger partial charge on any atom is -0.548 e. The first-order valence-corrected chi connectivity index (χ1v) is 8.54. The van der Waals surface area contributed by atoms with E-state index in [2.05, 4.69) is 12.2 Å². The molecule has 7 heteroatoms. The van der Waals surface area contributed by atoms with E-state index in [1.165, 1.54) is 38.5 Å². The van der Waals surface area contributed by atoms with Crippen LogP contribution in [0.15, 0.2) is 0 Å². The molecule has 0 aliphatic carbocycles. The van der Waals surface area contributed by atoms with Gasteiger partial charge in [-0.25, -0.2) is 0 Å². The van der Waals surface area contributed by atoms with Crippen molar-refractivity contribution >= 4 is 17.8 Å². The normalized spacial score (nSPS) is 12.3. The first-order chi connectivity index (χ1) is 12.2. The van der Waals surface area contributed by atoms with Crippen LogP contribution >= 0.6 is 0 Å². The van der Waals surface area contributed by atoms with Crippen LogP contribution in [-0.2, 0) is 9.59 Å². The number of nitrogens with one attached hydrogen (secondary N) is 2. The fourth-order valence-corrected chi connectivity index (χ4v) is 2.24. The van der Waals surface area contributed by atoms with E-state index in [0.29, 0.717) is 11.3 Å². The minimum absolute atomic E-state index is 0. The van der Waals surface area contributed by atoms with Crippen LogP contribution in [0.3, 0.4) is 0 Å². The predicted molar refractivity (Wildman–Crippen MR) is 90.0 cm³/mol. The number of aliphatic carboxylic acids is 1. The van der Waals surface area contributed by atoms with Crippen LogP contribution < -0.4 is 40.0 Å². The van der Waals surface area contributed by atoms with E-state index in [-0.39, 0.29) is 36.0 Å². The molecule has 0 unspecified atom stereocenters. The summed E-state index contributed by atoms with van der Waals surface area (Å²) in [6, 6.07) is 0. The predicted octanol–water partition coefficient (Wildman–Crippen LogP) is -0.966. The third-order valence-corrected chi connectivity index (χ3v) is 3.57. The number of carboxylic acid groups (broad SMARTS) is 1. The molecule has 0 aliphatic heterocycles. The maximum Gasteiger partial charge on any atom is 1.00 e. The Labute approximate surface area is 172 Å². The fourth-order valence-electron chi connectivity index (χ4n) is 2.24. The first kappa shape index (κ1) is 19.7. The van der Waals surface area contributed by atoms with Crippen LogP contribution in [-0.4, -0.2) is 36.3 Å². The Morgan fingerprint density at radius 2 is 1.54 bits per heavy atom. The van der Waals surface area contributed by atoms with Crippen molar-refractivity contribution in [2.75, 3.05) is 13.5 Å². The molecule has 0 fully saturated rings. The van der Waals surface area contributed by atoms with Gasteiger partial charge in [-0.2, -0.15) is 0 Å². The summed E-state index contributed by atoms with van der Waals surface area (Å²) >= 11 is 0. The zero-order chi connectivity index (χ0) is 20.0.